The van der Waals surface area contributed by atoms with E-state index < -0.39 is 4.92 Å². The Hall–Kier alpha value is -1.04. The highest BCUT2D eigenvalue weighted by Crippen LogP contribution is 2.15. The molecule has 0 amide bonds. The van der Waals surface area contributed by atoms with Crippen LogP contribution in [0, 0.1) is 10.1 Å². The first kappa shape index (κ1) is 12.0. The molecule has 0 bridgehead atoms. The predicted octanol–water partition coefficient (Wildman–Crippen LogP) is 2.09. The Morgan fingerprint density at radius 1 is 1.46 bits per heavy atom. The molecule has 0 saturated carbocycles. The van der Waals surface area contributed by atoms with E-state index in [0.29, 0.717) is 5.69 Å². The number of hydrogen-bond acceptors (Lipinski definition) is 4. The molecule has 0 aliphatic heterocycles. The number of rotatable bonds is 3. The van der Waals surface area contributed by atoms with Crippen molar-refractivity contribution in [2.24, 2.45) is 0 Å². The number of nitrogens with zero attached hydrogens (tertiary/aromatic N) is 1. The van der Waals surface area contributed by atoms with Gasteiger partial charge in [0.25, 0.3) is 5.69 Å². The zero-order valence-corrected chi connectivity index (χ0v) is 7.93. The van der Waals surface area contributed by atoms with E-state index >= 15 is 0 Å². The summed E-state index contributed by atoms with van der Waals surface area (Å²) in [6.45, 7) is 0. The highest BCUT2D eigenvalue weighted by atomic mass is 35.5. The van der Waals surface area contributed by atoms with Gasteiger partial charge < -0.3 is 5.43 Å². The quantitative estimate of drug-likeness (QED) is 0.468. The maximum atomic E-state index is 10.3. The Kier molecular flexibility index (Phi) is 5.13. The van der Waals surface area contributed by atoms with E-state index in [1.54, 1.807) is 12.1 Å². The first-order valence-electron chi connectivity index (χ1n) is 3.10. The summed E-state index contributed by atoms with van der Waals surface area (Å²) in [6, 6.07) is 5.99. The van der Waals surface area contributed by atoms with E-state index in [2.05, 4.69) is 10.4 Å². The lowest BCUT2D eigenvalue weighted by molar-refractivity contribution is -0.384. The minimum Gasteiger partial charge on any atom is -0.307 e. The molecule has 1 aromatic rings. The average molecular weight is 224 g/mol. The van der Waals surface area contributed by atoms with Crippen LogP contribution >= 0.6 is 24.2 Å². The molecule has 0 fully saturated rings. The smallest absolute Gasteiger partial charge is 0.271 e. The summed E-state index contributed by atoms with van der Waals surface area (Å²) in [5.74, 6) is 0. The highest BCUT2D eigenvalue weighted by molar-refractivity contribution is 6.13. The van der Waals surface area contributed by atoms with Crippen molar-refractivity contribution >= 4 is 35.6 Å². The van der Waals surface area contributed by atoms with Crippen LogP contribution in [0.4, 0.5) is 11.4 Å². The molecule has 0 aliphatic rings. The number of anilines is 1. The predicted molar refractivity (Wildman–Crippen MR) is 53.0 cm³/mol. The van der Waals surface area contributed by atoms with Crippen LogP contribution in [0.25, 0.3) is 0 Å². The molecule has 0 atom stereocenters. The normalized spacial score (nSPS) is 8.69. The minimum atomic E-state index is -0.473. The number of nitro benzene ring substituents is 1. The third kappa shape index (κ3) is 3.45. The van der Waals surface area contributed by atoms with Crippen molar-refractivity contribution in [3.05, 3.63) is 34.4 Å². The molecule has 2 N–H and O–H groups in total. The summed E-state index contributed by atoms with van der Waals surface area (Å²) in [6.07, 6.45) is 0. The van der Waals surface area contributed by atoms with Crippen molar-refractivity contribution in [3.63, 3.8) is 0 Å². The minimum absolute atomic E-state index is 0. The Morgan fingerprint density at radius 3 is 2.69 bits per heavy atom. The third-order valence-electron chi connectivity index (χ3n) is 1.25. The van der Waals surface area contributed by atoms with Crippen LogP contribution in [0.3, 0.4) is 0 Å². The first-order chi connectivity index (χ1) is 5.74. The van der Waals surface area contributed by atoms with Crippen LogP contribution in [0.5, 0.6) is 0 Å². The van der Waals surface area contributed by atoms with Crippen LogP contribution in [-0.4, -0.2) is 4.92 Å². The molecule has 1 aromatic carbocycles. The second-order valence-electron chi connectivity index (χ2n) is 2.03. The Labute approximate surface area is 85.7 Å². The van der Waals surface area contributed by atoms with E-state index in [-0.39, 0.29) is 18.1 Å². The van der Waals surface area contributed by atoms with E-state index in [1.807, 2.05) is 0 Å². The molecular formula is C6H7Cl2N3O2. The van der Waals surface area contributed by atoms with Gasteiger partial charge in [-0.15, -0.1) is 17.4 Å². The molecule has 5 nitrogen and oxygen atoms in total. The second-order valence-corrected chi connectivity index (χ2v) is 2.22. The zero-order chi connectivity index (χ0) is 8.97. The lowest BCUT2D eigenvalue weighted by Gasteiger charge is -2.00. The molecule has 0 aliphatic carbocycles. The average Bonchev–Trinajstić information content (AvgIpc) is 2.05. The lowest BCUT2D eigenvalue weighted by atomic mass is 10.3. The summed E-state index contributed by atoms with van der Waals surface area (Å²) in [4.78, 5) is 12.0. The van der Waals surface area contributed by atoms with Crippen LogP contribution in [0.2, 0.25) is 0 Å². The van der Waals surface area contributed by atoms with Crippen molar-refractivity contribution < 1.29 is 4.92 Å². The summed E-state index contributed by atoms with van der Waals surface area (Å²) in [5, 5.41) is 10.3. The van der Waals surface area contributed by atoms with Gasteiger partial charge in [-0.1, -0.05) is 6.07 Å². The number of hydrazine groups is 1. The number of halogens is 2. The fraction of sp³-hybridized carbons (Fsp3) is 0. The van der Waals surface area contributed by atoms with Crippen molar-refractivity contribution in [2.75, 3.05) is 5.43 Å². The number of nitrogens with one attached hydrogen (secondary N) is 2. The van der Waals surface area contributed by atoms with E-state index in [1.165, 1.54) is 12.1 Å². The van der Waals surface area contributed by atoms with Gasteiger partial charge in [0.05, 0.1) is 10.6 Å². The number of nitro groups is 1. The molecule has 72 valence electrons. The fourth-order valence-corrected chi connectivity index (χ4v) is 0.861. The number of benzene rings is 1. The molecule has 0 spiro atoms. The Balaban J connectivity index is 0.00000144. The Bertz CT molecular complexity index is 295. The summed E-state index contributed by atoms with van der Waals surface area (Å²) >= 11 is 5.14. The summed E-state index contributed by atoms with van der Waals surface area (Å²) in [5.41, 5.74) is 3.07. The number of non-ortho nitro benzene ring substituents is 1. The summed E-state index contributed by atoms with van der Waals surface area (Å²) < 4.78 is 0. The van der Waals surface area contributed by atoms with Crippen molar-refractivity contribution in [1.29, 1.82) is 0 Å². The van der Waals surface area contributed by atoms with Gasteiger partial charge in [0.1, 0.15) is 0 Å². The van der Waals surface area contributed by atoms with E-state index in [4.69, 9.17) is 11.8 Å². The largest absolute Gasteiger partial charge is 0.307 e. The van der Waals surface area contributed by atoms with Gasteiger partial charge in [0, 0.05) is 12.1 Å². The van der Waals surface area contributed by atoms with Gasteiger partial charge >= 0.3 is 0 Å². The van der Waals surface area contributed by atoms with Gasteiger partial charge in [-0.25, -0.2) is 0 Å². The lowest BCUT2D eigenvalue weighted by Crippen LogP contribution is -2.08. The van der Waals surface area contributed by atoms with Crippen LogP contribution in [-0.2, 0) is 0 Å². The monoisotopic (exact) mass is 223 g/mol. The summed E-state index contributed by atoms with van der Waals surface area (Å²) in [7, 11) is 0. The van der Waals surface area contributed by atoms with Crippen LogP contribution in [0.1, 0.15) is 0 Å². The SMILES string of the molecule is Cl.O=[N+]([O-])c1cccc(NNCl)c1. The van der Waals surface area contributed by atoms with Gasteiger partial charge in [-0.2, -0.15) is 0 Å². The van der Waals surface area contributed by atoms with Gasteiger partial charge in [0.2, 0.25) is 0 Å². The van der Waals surface area contributed by atoms with Crippen molar-refractivity contribution in [1.82, 2.24) is 4.94 Å². The molecule has 13 heavy (non-hydrogen) atoms. The molecule has 0 saturated heterocycles. The maximum Gasteiger partial charge on any atom is 0.271 e. The zero-order valence-electron chi connectivity index (χ0n) is 6.36. The molecule has 0 radical (unpaired) electrons. The fourth-order valence-electron chi connectivity index (χ4n) is 0.752. The van der Waals surface area contributed by atoms with Gasteiger partial charge in [0.15, 0.2) is 0 Å². The second kappa shape index (κ2) is 5.58. The van der Waals surface area contributed by atoms with E-state index in [9.17, 15) is 10.1 Å². The van der Waals surface area contributed by atoms with Gasteiger partial charge in [-0.05, 0) is 17.8 Å². The molecule has 1 rings (SSSR count). The standard InChI is InChI=1S/C6H6ClN3O2.ClH/c7-9-8-5-2-1-3-6(4-5)10(11)12;/h1-4,8-9H;1H. The first-order valence-corrected chi connectivity index (χ1v) is 3.48. The van der Waals surface area contributed by atoms with Crippen LogP contribution in [0.15, 0.2) is 24.3 Å². The molecule has 0 unspecified atom stereocenters. The molecule has 7 heteroatoms. The topological polar surface area (TPSA) is 67.2 Å². The third-order valence-corrected chi connectivity index (χ3v) is 1.34. The Morgan fingerprint density at radius 2 is 2.15 bits per heavy atom. The van der Waals surface area contributed by atoms with Crippen molar-refractivity contribution in [2.45, 2.75) is 0 Å². The highest BCUT2D eigenvalue weighted by Gasteiger charge is 2.04. The van der Waals surface area contributed by atoms with Gasteiger partial charge in [-0.3, -0.25) is 10.1 Å². The molecule has 0 aromatic heterocycles. The number of hydrogen-bond donors (Lipinski definition) is 2. The van der Waals surface area contributed by atoms with Crippen LogP contribution < -0.4 is 10.4 Å². The van der Waals surface area contributed by atoms with E-state index in [0.717, 1.165) is 0 Å². The van der Waals surface area contributed by atoms with Crippen molar-refractivity contribution in [3.8, 4) is 0 Å². The maximum absolute atomic E-state index is 10.3. The molecular weight excluding hydrogens is 217 g/mol. The molecule has 0 heterocycles.